The lowest BCUT2D eigenvalue weighted by atomic mass is 9.81. The second-order valence-electron chi connectivity index (χ2n) is 8.16. The quantitative estimate of drug-likeness (QED) is 0.517. The molecule has 2 aliphatic rings. The largest absolute Gasteiger partial charge is 0.453 e. The number of ether oxygens (including phenoxy) is 1. The molecule has 1 aliphatic carbocycles. The molecule has 156 valence electrons. The van der Waals surface area contributed by atoms with Crippen molar-refractivity contribution in [3.63, 3.8) is 0 Å². The van der Waals surface area contributed by atoms with Crippen LogP contribution in [-0.2, 0) is 32.0 Å². The Morgan fingerprint density at radius 2 is 1.60 bits per heavy atom. The molecule has 3 atom stereocenters. The van der Waals surface area contributed by atoms with Crippen LogP contribution in [0.25, 0.3) is 0 Å². The van der Waals surface area contributed by atoms with E-state index in [1.807, 2.05) is 37.4 Å². The number of carbonyl (C=O) groups excluding carboxylic acids is 3. The predicted molar refractivity (Wildman–Crippen MR) is 118 cm³/mol. The summed E-state index contributed by atoms with van der Waals surface area (Å²) in [7, 11) is 0. The van der Waals surface area contributed by atoms with E-state index in [2.05, 4.69) is 24.3 Å². The van der Waals surface area contributed by atoms with Gasteiger partial charge >= 0.3 is 5.97 Å². The Morgan fingerprint density at radius 1 is 1.03 bits per heavy atom. The number of fused-ring (bicyclic) bond motifs is 2. The molecule has 30 heavy (non-hydrogen) atoms. The molecule has 0 bridgehead atoms. The zero-order valence-electron chi connectivity index (χ0n) is 17.3. The predicted octanol–water partition coefficient (Wildman–Crippen LogP) is 4.13. The van der Waals surface area contributed by atoms with Crippen LogP contribution in [0.3, 0.4) is 0 Å². The number of Topliss-reactive ketones (excluding diaryl/α,β-unsaturated/α-hetero) is 2. The normalized spacial score (nSPS) is 22.1. The minimum Gasteiger partial charge on any atom is -0.453 e. The highest BCUT2D eigenvalue weighted by Gasteiger charge is 2.48. The summed E-state index contributed by atoms with van der Waals surface area (Å²) >= 11 is 1.61. The molecule has 4 nitrogen and oxygen atoms in total. The number of benzene rings is 2. The molecular weight excluding hydrogens is 396 g/mol. The first-order valence-corrected chi connectivity index (χ1v) is 11.7. The molecule has 0 amide bonds. The highest BCUT2D eigenvalue weighted by Crippen LogP contribution is 2.38. The number of ketones is 2. The molecule has 2 aromatic carbocycles. The lowest BCUT2D eigenvalue weighted by Gasteiger charge is -2.20. The Hall–Kier alpha value is -2.40. The zero-order valence-corrected chi connectivity index (χ0v) is 18.1. The minimum absolute atomic E-state index is 0.129. The average Bonchev–Trinajstić information content (AvgIpc) is 2.93. The van der Waals surface area contributed by atoms with Crippen molar-refractivity contribution in [2.75, 3.05) is 6.26 Å². The molecular formula is C25H26O4S. The summed E-state index contributed by atoms with van der Waals surface area (Å²) in [4.78, 5) is 38.5. The average molecular weight is 423 g/mol. The van der Waals surface area contributed by atoms with Crippen molar-refractivity contribution in [2.45, 2.75) is 49.9 Å². The van der Waals surface area contributed by atoms with Gasteiger partial charge in [-0.2, -0.15) is 11.8 Å². The minimum atomic E-state index is -1.29. The van der Waals surface area contributed by atoms with E-state index in [-0.39, 0.29) is 29.2 Å². The van der Waals surface area contributed by atoms with E-state index in [1.54, 1.807) is 11.8 Å². The van der Waals surface area contributed by atoms with Crippen molar-refractivity contribution in [1.82, 2.24) is 0 Å². The number of hydrogen-bond acceptors (Lipinski definition) is 5. The van der Waals surface area contributed by atoms with Crippen molar-refractivity contribution in [3.8, 4) is 0 Å². The molecule has 0 aromatic heterocycles. The Kier molecular flexibility index (Phi) is 6.09. The van der Waals surface area contributed by atoms with E-state index < -0.39 is 18.0 Å². The van der Waals surface area contributed by atoms with Crippen molar-refractivity contribution in [2.24, 2.45) is 5.92 Å². The van der Waals surface area contributed by atoms with E-state index >= 15 is 0 Å². The van der Waals surface area contributed by atoms with Crippen molar-refractivity contribution in [3.05, 3.63) is 70.8 Å². The van der Waals surface area contributed by atoms with E-state index in [1.165, 1.54) is 11.1 Å². The first-order chi connectivity index (χ1) is 14.5. The fourth-order valence-corrected chi connectivity index (χ4v) is 4.97. The van der Waals surface area contributed by atoms with Crippen LogP contribution in [0.1, 0.15) is 47.9 Å². The molecule has 0 radical (unpaired) electrons. The summed E-state index contributed by atoms with van der Waals surface area (Å²) in [5.74, 6) is -2.83. The lowest BCUT2D eigenvalue weighted by Crippen LogP contribution is -2.30. The smallest absolute Gasteiger partial charge is 0.325 e. The monoisotopic (exact) mass is 422 g/mol. The summed E-state index contributed by atoms with van der Waals surface area (Å²) in [6.07, 6.45) is 3.56. The summed E-state index contributed by atoms with van der Waals surface area (Å²) < 4.78 is 5.31. The number of thioether (sulfide) groups is 1. The van der Waals surface area contributed by atoms with Crippen molar-refractivity contribution < 1.29 is 19.1 Å². The third-order valence-corrected chi connectivity index (χ3v) is 7.29. The molecule has 1 heterocycles. The Balaban J connectivity index is 1.62. The second-order valence-corrected chi connectivity index (χ2v) is 9.44. The summed E-state index contributed by atoms with van der Waals surface area (Å²) in [5, 5.41) is 0.182. The maximum atomic E-state index is 13.2. The number of aryl methyl sites for hydroxylation is 2. The lowest BCUT2D eigenvalue weighted by molar-refractivity contribution is -0.147. The van der Waals surface area contributed by atoms with Gasteiger partial charge < -0.3 is 4.74 Å². The van der Waals surface area contributed by atoms with Gasteiger partial charge in [-0.25, -0.2) is 0 Å². The van der Waals surface area contributed by atoms with E-state index in [9.17, 15) is 14.4 Å². The molecule has 0 N–H and O–H groups in total. The topological polar surface area (TPSA) is 60.4 Å². The van der Waals surface area contributed by atoms with Crippen LogP contribution in [0, 0.1) is 5.92 Å². The fraction of sp³-hybridized carbons (Fsp3) is 0.400. The van der Waals surface area contributed by atoms with Crippen LogP contribution in [0.2, 0.25) is 0 Å². The first kappa shape index (κ1) is 20.9. The van der Waals surface area contributed by atoms with Gasteiger partial charge in [-0.3, -0.25) is 14.4 Å². The van der Waals surface area contributed by atoms with Crippen LogP contribution >= 0.6 is 11.8 Å². The maximum Gasteiger partial charge on any atom is 0.325 e. The molecule has 1 aliphatic heterocycles. The third-order valence-electron chi connectivity index (χ3n) is 6.30. The Morgan fingerprint density at radius 3 is 2.17 bits per heavy atom. The third kappa shape index (κ3) is 3.95. The molecule has 5 heteroatoms. The molecule has 2 aromatic rings. The van der Waals surface area contributed by atoms with Gasteiger partial charge in [0.05, 0.1) is 0 Å². The summed E-state index contributed by atoms with van der Waals surface area (Å²) in [5.41, 5.74) is 4.67. The number of rotatable bonds is 6. The zero-order chi connectivity index (χ0) is 21.3. The number of cyclic esters (lactones) is 1. The number of esters is 1. The molecule has 1 fully saturated rings. The highest BCUT2D eigenvalue weighted by atomic mass is 32.2. The molecule has 3 unspecified atom stereocenters. The van der Waals surface area contributed by atoms with Crippen LogP contribution in [0.15, 0.2) is 48.5 Å². The highest BCUT2D eigenvalue weighted by molar-refractivity contribution is 7.99. The SMILES string of the molecule is CSC(C)CC1OC(=O)C(C(=O)CC2c3ccccc3CCc3ccccc32)C1=O. The van der Waals surface area contributed by atoms with E-state index in [0.29, 0.717) is 6.42 Å². The van der Waals surface area contributed by atoms with Gasteiger partial charge in [-0.1, -0.05) is 55.5 Å². The van der Waals surface area contributed by atoms with Gasteiger partial charge in [0.15, 0.2) is 23.6 Å². The van der Waals surface area contributed by atoms with Crippen LogP contribution in [0.5, 0.6) is 0 Å². The van der Waals surface area contributed by atoms with Crippen LogP contribution in [-0.4, -0.2) is 35.1 Å². The van der Waals surface area contributed by atoms with E-state index in [4.69, 9.17) is 4.74 Å². The van der Waals surface area contributed by atoms with Crippen molar-refractivity contribution in [1.29, 1.82) is 0 Å². The van der Waals surface area contributed by atoms with Gasteiger partial charge in [-0.15, -0.1) is 0 Å². The summed E-state index contributed by atoms with van der Waals surface area (Å²) in [6, 6.07) is 16.3. The standard InChI is InChI=1S/C25H26O4S/c1-15(30-2)13-22-24(27)23(25(28)29-22)21(26)14-20-18-9-5-3-7-16(18)11-12-17-8-4-6-10-19(17)20/h3-10,15,20,22-23H,11-14H2,1-2H3. The van der Waals surface area contributed by atoms with E-state index in [0.717, 1.165) is 24.0 Å². The number of carbonyl (C=O) groups is 3. The van der Waals surface area contributed by atoms with Gasteiger partial charge in [-0.05, 0) is 41.4 Å². The van der Waals surface area contributed by atoms with Crippen LogP contribution in [0.4, 0.5) is 0 Å². The molecule has 0 saturated carbocycles. The van der Waals surface area contributed by atoms with Crippen molar-refractivity contribution >= 4 is 29.3 Å². The van der Waals surface area contributed by atoms with Gasteiger partial charge in [0.25, 0.3) is 0 Å². The fourth-order valence-electron chi connectivity index (χ4n) is 4.60. The van der Waals surface area contributed by atoms with Gasteiger partial charge in [0.2, 0.25) is 0 Å². The maximum absolute atomic E-state index is 13.2. The molecule has 4 rings (SSSR count). The Labute approximate surface area is 181 Å². The first-order valence-electron chi connectivity index (χ1n) is 10.4. The molecule has 0 spiro atoms. The summed E-state index contributed by atoms with van der Waals surface area (Å²) in [6.45, 7) is 1.99. The van der Waals surface area contributed by atoms with Gasteiger partial charge in [0.1, 0.15) is 0 Å². The number of hydrogen-bond donors (Lipinski definition) is 0. The molecule has 1 saturated heterocycles. The van der Waals surface area contributed by atoms with Crippen LogP contribution < -0.4 is 0 Å². The second kappa shape index (κ2) is 8.76. The Bertz CT molecular complexity index is 935. The van der Waals surface area contributed by atoms with Gasteiger partial charge in [0, 0.05) is 24.0 Å².